The number of hydrogen-bond acceptors (Lipinski definition) is 2. The van der Waals surface area contributed by atoms with Crippen molar-refractivity contribution in [2.45, 2.75) is 38.7 Å². The molecule has 0 saturated carbocycles. The molecule has 0 fully saturated rings. The van der Waals surface area contributed by atoms with Crippen LogP contribution >= 0.6 is 0 Å². The first-order chi connectivity index (χ1) is 12.3. The molecule has 1 atom stereocenters. The van der Waals surface area contributed by atoms with E-state index in [1.54, 1.807) is 0 Å². The molecule has 1 unspecified atom stereocenters. The molecule has 1 N–H and O–H groups in total. The molecule has 3 aromatic carbocycles. The molecule has 0 spiro atoms. The van der Waals surface area contributed by atoms with Crippen LogP contribution in [0.2, 0.25) is 0 Å². The summed E-state index contributed by atoms with van der Waals surface area (Å²) in [7, 11) is 0. The van der Waals surface area contributed by atoms with Gasteiger partial charge in [-0.05, 0) is 29.0 Å². The Morgan fingerprint density at radius 3 is 2.28 bits per heavy atom. The first-order valence-corrected chi connectivity index (χ1v) is 9.18. The van der Waals surface area contributed by atoms with E-state index in [0.717, 1.165) is 40.7 Å². The van der Waals surface area contributed by atoms with Crippen LogP contribution in [-0.4, -0.2) is 11.7 Å². The summed E-state index contributed by atoms with van der Waals surface area (Å²) in [6, 6.07) is 21.9. The second kappa shape index (κ2) is 8.68. The molecule has 3 aromatic rings. The summed E-state index contributed by atoms with van der Waals surface area (Å²) in [5, 5.41) is 12.9. The molecule has 0 amide bonds. The third kappa shape index (κ3) is 4.21. The smallest absolute Gasteiger partial charge is 0.127 e. The molecule has 0 bridgehead atoms. The van der Waals surface area contributed by atoms with E-state index in [4.69, 9.17) is 4.74 Å². The van der Waals surface area contributed by atoms with E-state index in [0.29, 0.717) is 0 Å². The minimum atomic E-state index is -0.635. The summed E-state index contributed by atoms with van der Waals surface area (Å²) in [5.41, 5.74) is 1.82. The summed E-state index contributed by atoms with van der Waals surface area (Å²) in [6.07, 6.45) is 4.14. The maximum absolute atomic E-state index is 10.8. The van der Waals surface area contributed by atoms with Crippen LogP contribution in [0, 0.1) is 0 Å². The van der Waals surface area contributed by atoms with Crippen molar-refractivity contribution >= 4 is 10.8 Å². The van der Waals surface area contributed by atoms with Gasteiger partial charge in [-0.1, -0.05) is 86.8 Å². The van der Waals surface area contributed by atoms with E-state index in [1.807, 2.05) is 54.6 Å². The number of aliphatic hydroxyl groups excluding tert-OH is 1. The fourth-order valence-electron chi connectivity index (χ4n) is 3.18. The van der Waals surface area contributed by atoms with E-state index < -0.39 is 6.10 Å². The lowest BCUT2D eigenvalue weighted by atomic mass is 9.95. The van der Waals surface area contributed by atoms with Gasteiger partial charge in [0.05, 0.1) is 6.61 Å². The molecule has 0 heterocycles. The highest BCUT2D eigenvalue weighted by Crippen LogP contribution is 2.34. The molecular formula is C23H26O2. The number of fused-ring (bicyclic) bond motifs is 1. The monoisotopic (exact) mass is 334 g/mol. The van der Waals surface area contributed by atoms with Crippen molar-refractivity contribution < 1.29 is 9.84 Å². The second-order valence-corrected chi connectivity index (χ2v) is 6.42. The van der Waals surface area contributed by atoms with Crippen LogP contribution < -0.4 is 4.74 Å². The molecule has 0 aliphatic carbocycles. The van der Waals surface area contributed by atoms with Crippen LogP contribution in [0.5, 0.6) is 5.75 Å². The van der Waals surface area contributed by atoms with Gasteiger partial charge < -0.3 is 9.84 Å². The summed E-state index contributed by atoms with van der Waals surface area (Å²) in [4.78, 5) is 0. The van der Waals surface area contributed by atoms with Gasteiger partial charge in [0.2, 0.25) is 0 Å². The van der Waals surface area contributed by atoms with Gasteiger partial charge in [-0.2, -0.15) is 0 Å². The molecule has 130 valence electrons. The molecule has 0 aliphatic rings. The van der Waals surface area contributed by atoms with Crippen molar-refractivity contribution in [3.63, 3.8) is 0 Å². The van der Waals surface area contributed by atoms with Gasteiger partial charge in [-0.15, -0.1) is 0 Å². The van der Waals surface area contributed by atoms with Crippen LogP contribution in [0.15, 0.2) is 66.7 Å². The predicted octanol–water partition coefficient (Wildman–Crippen LogP) is 5.88. The minimum absolute atomic E-state index is 0.635. The summed E-state index contributed by atoms with van der Waals surface area (Å²) in [6.45, 7) is 2.95. The Morgan fingerprint density at radius 2 is 1.52 bits per heavy atom. The molecule has 2 heteroatoms. The molecule has 2 nitrogen and oxygen atoms in total. The molecule has 0 aliphatic heterocycles. The number of hydrogen-bond donors (Lipinski definition) is 1. The Labute approximate surface area is 150 Å². The van der Waals surface area contributed by atoms with Crippen molar-refractivity contribution in [2.24, 2.45) is 0 Å². The van der Waals surface area contributed by atoms with Crippen molar-refractivity contribution in [1.82, 2.24) is 0 Å². The largest absolute Gasteiger partial charge is 0.493 e. The lowest BCUT2D eigenvalue weighted by Gasteiger charge is -2.17. The molecule has 3 rings (SSSR count). The zero-order valence-electron chi connectivity index (χ0n) is 14.8. The molecule has 0 saturated heterocycles. The van der Waals surface area contributed by atoms with E-state index in [9.17, 15) is 5.11 Å². The maximum Gasteiger partial charge on any atom is 0.127 e. The van der Waals surface area contributed by atoms with Crippen LogP contribution in [0.25, 0.3) is 10.8 Å². The third-order valence-electron chi connectivity index (χ3n) is 4.58. The highest BCUT2D eigenvalue weighted by atomic mass is 16.5. The van der Waals surface area contributed by atoms with Gasteiger partial charge in [0.1, 0.15) is 11.9 Å². The normalized spacial score (nSPS) is 12.2. The summed E-state index contributed by atoms with van der Waals surface area (Å²) < 4.78 is 6.02. The van der Waals surface area contributed by atoms with Crippen LogP contribution in [-0.2, 0) is 0 Å². The van der Waals surface area contributed by atoms with Crippen LogP contribution in [0.1, 0.15) is 49.8 Å². The second-order valence-electron chi connectivity index (χ2n) is 6.42. The topological polar surface area (TPSA) is 29.5 Å². The number of aliphatic hydroxyl groups is 1. The van der Waals surface area contributed by atoms with Gasteiger partial charge >= 0.3 is 0 Å². The highest BCUT2D eigenvalue weighted by molar-refractivity contribution is 5.91. The van der Waals surface area contributed by atoms with Gasteiger partial charge in [0.25, 0.3) is 0 Å². The standard InChI is InChI=1S/C23H26O2/c1-2-3-4-10-17-25-22-16-15-21(19-13-8-9-14-20(19)22)23(24)18-11-6-5-7-12-18/h5-9,11-16,23-24H,2-4,10,17H2,1H3. The Morgan fingerprint density at radius 1 is 0.800 bits per heavy atom. The first-order valence-electron chi connectivity index (χ1n) is 9.18. The SMILES string of the molecule is CCCCCCOc1ccc(C(O)c2ccccc2)c2ccccc12. The summed E-state index contributed by atoms with van der Waals surface area (Å²) in [5.74, 6) is 0.899. The summed E-state index contributed by atoms with van der Waals surface area (Å²) >= 11 is 0. The Kier molecular flexibility index (Phi) is 6.08. The maximum atomic E-state index is 10.8. The minimum Gasteiger partial charge on any atom is -0.493 e. The predicted molar refractivity (Wildman–Crippen MR) is 104 cm³/mol. The number of unbranched alkanes of at least 4 members (excludes halogenated alkanes) is 3. The van der Waals surface area contributed by atoms with Crippen LogP contribution in [0.4, 0.5) is 0 Å². The fourth-order valence-corrected chi connectivity index (χ4v) is 3.18. The zero-order chi connectivity index (χ0) is 17.5. The fraction of sp³-hybridized carbons (Fsp3) is 0.304. The van der Waals surface area contributed by atoms with Crippen molar-refractivity contribution in [3.05, 3.63) is 77.9 Å². The molecule has 0 aromatic heterocycles. The van der Waals surface area contributed by atoms with Gasteiger partial charge in [-0.3, -0.25) is 0 Å². The molecular weight excluding hydrogens is 308 g/mol. The lowest BCUT2D eigenvalue weighted by Crippen LogP contribution is -2.02. The van der Waals surface area contributed by atoms with Gasteiger partial charge in [0, 0.05) is 5.39 Å². The Balaban J connectivity index is 1.86. The van der Waals surface area contributed by atoms with Crippen molar-refractivity contribution in [3.8, 4) is 5.75 Å². The van der Waals surface area contributed by atoms with E-state index in [2.05, 4.69) is 19.1 Å². The number of rotatable bonds is 8. The Hall–Kier alpha value is -2.32. The van der Waals surface area contributed by atoms with E-state index in [1.165, 1.54) is 19.3 Å². The lowest BCUT2D eigenvalue weighted by molar-refractivity contribution is 0.221. The average Bonchev–Trinajstić information content (AvgIpc) is 2.68. The van der Waals surface area contributed by atoms with Crippen molar-refractivity contribution in [2.75, 3.05) is 6.61 Å². The first kappa shape index (κ1) is 17.5. The number of ether oxygens (including phenoxy) is 1. The van der Waals surface area contributed by atoms with Crippen molar-refractivity contribution in [1.29, 1.82) is 0 Å². The van der Waals surface area contributed by atoms with Crippen LogP contribution in [0.3, 0.4) is 0 Å². The zero-order valence-corrected chi connectivity index (χ0v) is 14.8. The quantitative estimate of drug-likeness (QED) is 0.521. The third-order valence-corrected chi connectivity index (χ3v) is 4.58. The highest BCUT2D eigenvalue weighted by Gasteiger charge is 2.15. The van der Waals surface area contributed by atoms with Gasteiger partial charge in [-0.25, -0.2) is 0 Å². The van der Waals surface area contributed by atoms with E-state index >= 15 is 0 Å². The number of benzene rings is 3. The molecule has 25 heavy (non-hydrogen) atoms. The molecule has 0 radical (unpaired) electrons. The average molecular weight is 334 g/mol. The van der Waals surface area contributed by atoms with Gasteiger partial charge in [0.15, 0.2) is 0 Å². The van der Waals surface area contributed by atoms with E-state index in [-0.39, 0.29) is 0 Å². The Bertz CT molecular complexity index is 796.